The smallest absolute Gasteiger partial charge is 0.152 e. The van der Waals surface area contributed by atoms with Crippen molar-refractivity contribution in [2.75, 3.05) is 7.11 Å². The summed E-state index contributed by atoms with van der Waals surface area (Å²) in [6, 6.07) is 17.7. The topological polar surface area (TPSA) is 62.9 Å². The number of hydrogen-bond acceptors (Lipinski definition) is 6. The Balaban J connectivity index is 1.43. The van der Waals surface area contributed by atoms with Crippen LogP contribution in [0.3, 0.4) is 0 Å². The number of fused-ring (bicyclic) bond motifs is 3. The van der Waals surface area contributed by atoms with Crippen LogP contribution in [0.25, 0.3) is 10.3 Å². The second-order valence-electron chi connectivity index (χ2n) is 7.36. The number of aromatic nitrogens is 2. The summed E-state index contributed by atoms with van der Waals surface area (Å²) in [4.78, 5) is 4.76. The molecule has 0 fully saturated rings. The molecule has 152 valence electrons. The third-order valence-electron chi connectivity index (χ3n) is 5.43. The van der Waals surface area contributed by atoms with E-state index in [1.807, 2.05) is 66.8 Å². The standard InChI is InChI=1S/C23H22N4O2S/c1-26-19-14-27(13-15-7-6-10-17(11-15)29-2)24-12-18(19)21-22(26)25-23(30-21)20(28)16-8-4-3-5-9-16/h3-12,20,28H,13-14H2,1-2H3/t20-/m1/s1. The molecule has 1 atom stereocenters. The molecule has 4 aromatic rings. The van der Waals surface area contributed by atoms with Gasteiger partial charge in [-0.05, 0) is 23.3 Å². The molecule has 30 heavy (non-hydrogen) atoms. The molecule has 1 N–H and O–H groups in total. The second kappa shape index (κ2) is 7.59. The van der Waals surface area contributed by atoms with Crippen LogP contribution in [0.15, 0.2) is 59.7 Å². The third kappa shape index (κ3) is 3.26. The molecule has 0 saturated carbocycles. The van der Waals surface area contributed by atoms with E-state index in [0.29, 0.717) is 18.1 Å². The lowest BCUT2D eigenvalue weighted by Crippen LogP contribution is -2.22. The number of aryl methyl sites for hydroxylation is 1. The first-order chi connectivity index (χ1) is 14.6. The lowest BCUT2D eigenvalue weighted by atomic mass is 10.1. The number of thiazole rings is 1. The SMILES string of the molecule is COc1cccc(CN2Cc3c(c4sc([C@H](O)c5ccccc5)nc4n3C)C=N2)c1. The van der Waals surface area contributed by atoms with Gasteiger partial charge in [-0.25, -0.2) is 4.98 Å². The lowest BCUT2D eigenvalue weighted by Gasteiger charge is -2.23. The van der Waals surface area contributed by atoms with Crippen LogP contribution in [-0.2, 0) is 20.1 Å². The summed E-state index contributed by atoms with van der Waals surface area (Å²) in [5, 5.41) is 18.2. The van der Waals surface area contributed by atoms with E-state index in [9.17, 15) is 5.11 Å². The van der Waals surface area contributed by atoms with Crippen LogP contribution in [0.5, 0.6) is 5.75 Å². The Kier molecular flexibility index (Phi) is 4.77. The van der Waals surface area contributed by atoms with Crippen molar-refractivity contribution in [1.29, 1.82) is 0 Å². The van der Waals surface area contributed by atoms with Gasteiger partial charge in [-0.1, -0.05) is 42.5 Å². The fourth-order valence-corrected chi connectivity index (χ4v) is 4.96. The van der Waals surface area contributed by atoms with Crippen molar-refractivity contribution in [2.24, 2.45) is 12.1 Å². The maximum Gasteiger partial charge on any atom is 0.152 e. The first kappa shape index (κ1) is 18.8. The summed E-state index contributed by atoms with van der Waals surface area (Å²) in [7, 11) is 3.71. The van der Waals surface area contributed by atoms with E-state index in [-0.39, 0.29) is 0 Å². The van der Waals surface area contributed by atoms with Crippen LogP contribution in [-0.4, -0.2) is 33.0 Å². The maximum atomic E-state index is 10.7. The Morgan fingerprint density at radius 3 is 2.80 bits per heavy atom. The molecule has 3 heterocycles. The number of methoxy groups -OCH3 is 1. The number of nitrogens with zero attached hydrogens (tertiary/aromatic N) is 4. The average molecular weight is 419 g/mol. The van der Waals surface area contributed by atoms with Gasteiger partial charge < -0.3 is 14.4 Å². The van der Waals surface area contributed by atoms with Gasteiger partial charge in [0, 0.05) is 12.6 Å². The zero-order valence-corrected chi connectivity index (χ0v) is 17.6. The lowest BCUT2D eigenvalue weighted by molar-refractivity contribution is 0.220. The van der Waals surface area contributed by atoms with Gasteiger partial charge in [0.15, 0.2) is 5.65 Å². The predicted molar refractivity (Wildman–Crippen MR) is 119 cm³/mol. The quantitative estimate of drug-likeness (QED) is 0.531. The minimum absolute atomic E-state index is 0.705. The van der Waals surface area contributed by atoms with E-state index in [1.54, 1.807) is 7.11 Å². The highest BCUT2D eigenvalue weighted by Crippen LogP contribution is 2.36. The number of aliphatic hydroxyl groups is 1. The van der Waals surface area contributed by atoms with Gasteiger partial charge in [0.1, 0.15) is 16.9 Å². The van der Waals surface area contributed by atoms with Crippen molar-refractivity contribution >= 4 is 27.9 Å². The molecule has 2 aromatic heterocycles. The number of benzene rings is 2. The monoisotopic (exact) mass is 418 g/mol. The largest absolute Gasteiger partial charge is 0.497 e. The van der Waals surface area contributed by atoms with Gasteiger partial charge in [-0.3, -0.25) is 5.01 Å². The normalized spacial score (nSPS) is 14.2. The fraction of sp³-hybridized carbons (Fsp3) is 0.217. The van der Waals surface area contributed by atoms with E-state index in [2.05, 4.69) is 15.7 Å². The van der Waals surface area contributed by atoms with Gasteiger partial charge >= 0.3 is 0 Å². The Bertz CT molecular complexity index is 1230. The first-order valence-corrected chi connectivity index (χ1v) is 10.6. The number of ether oxygens (including phenoxy) is 1. The maximum absolute atomic E-state index is 10.7. The summed E-state index contributed by atoms with van der Waals surface area (Å²) in [5.74, 6) is 0.849. The number of hydrazone groups is 1. The summed E-state index contributed by atoms with van der Waals surface area (Å²) < 4.78 is 8.51. The Morgan fingerprint density at radius 2 is 2.00 bits per heavy atom. The van der Waals surface area contributed by atoms with Crippen molar-refractivity contribution in [3.63, 3.8) is 0 Å². The van der Waals surface area contributed by atoms with Gasteiger partial charge in [-0.2, -0.15) is 5.10 Å². The highest BCUT2D eigenvalue weighted by atomic mass is 32.1. The van der Waals surface area contributed by atoms with Crippen LogP contribution >= 0.6 is 11.3 Å². The van der Waals surface area contributed by atoms with Crippen molar-refractivity contribution in [3.05, 3.63) is 82.0 Å². The van der Waals surface area contributed by atoms with E-state index < -0.39 is 6.10 Å². The third-order valence-corrected chi connectivity index (χ3v) is 6.57. The summed E-state index contributed by atoms with van der Waals surface area (Å²) in [5.41, 5.74) is 5.17. The first-order valence-electron chi connectivity index (χ1n) is 9.77. The molecule has 0 unspecified atom stereocenters. The van der Waals surface area contributed by atoms with Gasteiger partial charge in [0.05, 0.1) is 36.8 Å². The molecule has 1 aliphatic rings. The van der Waals surface area contributed by atoms with E-state index >= 15 is 0 Å². The highest BCUT2D eigenvalue weighted by Gasteiger charge is 2.25. The summed E-state index contributed by atoms with van der Waals surface area (Å²) in [6.07, 6.45) is 1.20. The molecule has 1 aliphatic heterocycles. The number of rotatable bonds is 5. The molecule has 0 radical (unpaired) electrons. The zero-order valence-electron chi connectivity index (χ0n) is 16.8. The highest BCUT2D eigenvalue weighted by molar-refractivity contribution is 7.19. The molecular weight excluding hydrogens is 396 g/mol. The van der Waals surface area contributed by atoms with Crippen molar-refractivity contribution in [3.8, 4) is 5.75 Å². The Labute approximate surface area is 178 Å². The van der Waals surface area contributed by atoms with E-state index in [0.717, 1.165) is 32.8 Å². The second-order valence-corrected chi connectivity index (χ2v) is 8.39. The predicted octanol–water partition coefficient (Wildman–Crippen LogP) is 4.07. The molecule has 0 saturated heterocycles. The Morgan fingerprint density at radius 1 is 1.17 bits per heavy atom. The minimum atomic E-state index is -0.718. The average Bonchev–Trinajstić information content (AvgIpc) is 3.33. The van der Waals surface area contributed by atoms with Crippen molar-refractivity contribution in [2.45, 2.75) is 19.2 Å². The molecule has 0 amide bonds. The zero-order chi connectivity index (χ0) is 20.7. The summed E-state index contributed by atoms with van der Waals surface area (Å²) >= 11 is 1.54. The minimum Gasteiger partial charge on any atom is -0.497 e. The van der Waals surface area contributed by atoms with Gasteiger partial charge in [-0.15, -0.1) is 11.3 Å². The fourth-order valence-electron chi connectivity index (χ4n) is 3.82. The van der Waals surface area contributed by atoms with E-state index in [4.69, 9.17) is 9.72 Å². The molecule has 0 spiro atoms. The molecule has 0 aliphatic carbocycles. The van der Waals surface area contributed by atoms with E-state index in [1.165, 1.54) is 17.0 Å². The number of hydrogen-bond donors (Lipinski definition) is 1. The van der Waals surface area contributed by atoms with Crippen LogP contribution in [0.2, 0.25) is 0 Å². The molecule has 0 bridgehead atoms. The van der Waals surface area contributed by atoms with Crippen molar-refractivity contribution in [1.82, 2.24) is 14.6 Å². The molecule has 7 heteroatoms. The number of aliphatic hydroxyl groups excluding tert-OH is 1. The van der Waals surface area contributed by atoms with Crippen LogP contribution < -0.4 is 4.74 Å². The molecule has 6 nitrogen and oxygen atoms in total. The molecular formula is C23H22N4O2S. The van der Waals surface area contributed by atoms with Crippen molar-refractivity contribution < 1.29 is 9.84 Å². The molecule has 2 aromatic carbocycles. The van der Waals surface area contributed by atoms with Crippen LogP contribution in [0, 0.1) is 0 Å². The van der Waals surface area contributed by atoms with Crippen LogP contribution in [0.4, 0.5) is 0 Å². The molecule has 5 rings (SSSR count). The van der Waals surface area contributed by atoms with Gasteiger partial charge in [0.25, 0.3) is 0 Å². The van der Waals surface area contributed by atoms with Crippen LogP contribution in [0.1, 0.15) is 33.5 Å². The Hall–Kier alpha value is -3.16. The van der Waals surface area contributed by atoms with Gasteiger partial charge in [0.2, 0.25) is 0 Å². The summed E-state index contributed by atoms with van der Waals surface area (Å²) in [6.45, 7) is 1.41.